The molecule has 0 amide bonds. The lowest BCUT2D eigenvalue weighted by atomic mass is 9.83. The number of halogens is 1. The number of benzene rings is 1. The van der Waals surface area contributed by atoms with Crippen LogP contribution in [0.5, 0.6) is 0 Å². The second-order valence-electron chi connectivity index (χ2n) is 8.55. The van der Waals surface area contributed by atoms with Crippen LogP contribution in [0, 0.1) is 19.7 Å². The van der Waals surface area contributed by atoms with E-state index in [2.05, 4.69) is 4.72 Å². The van der Waals surface area contributed by atoms with Crippen molar-refractivity contribution in [2.24, 2.45) is 0 Å². The molecule has 170 valence electrons. The molecule has 1 aromatic carbocycles. The van der Waals surface area contributed by atoms with Gasteiger partial charge in [0.2, 0.25) is 10.0 Å². The van der Waals surface area contributed by atoms with Gasteiger partial charge in [0.05, 0.1) is 25.0 Å². The Kier molecular flexibility index (Phi) is 7.67. The van der Waals surface area contributed by atoms with Gasteiger partial charge in [0, 0.05) is 18.3 Å². The highest BCUT2D eigenvalue weighted by atomic mass is 32.2. The molecule has 1 aliphatic carbocycles. The van der Waals surface area contributed by atoms with Gasteiger partial charge in [0.25, 0.3) is 5.56 Å². The summed E-state index contributed by atoms with van der Waals surface area (Å²) in [7, 11) is -3.40. The second-order valence-corrected chi connectivity index (χ2v) is 10.4. The normalized spacial score (nSPS) is 20.5. The summed E-state index contributed by atoms with van der Waals surface area (Å²) in [6.07, 6.45) is 6.38. The Morgan fingerprint density at radius 3 is 2.55 bits per heavy atom. The third kappa shape index (κ3) is 6.72. The molecular formula is C23H31FN2O4S. The van der Waals surface area contributed by atoms with Gasteiger partial charge in [-0.3, -0.25) is 4.79 Å². The third-order valence-corrected chi connectivity index (χ3v) is 6.54. The van der Waals surface area contributed by atoms with E-state index in [1.165, 1.54) is 6.07 Å². The molecule has 1 saturated carbocycles. The fourth-order valence-corrected chi connectivity index (χ4v) is 4.74. The minimum absolute atomic E-state index is 0.0344. The van der Waals surface area contributed by atoms with Gasteiger partial charge in [-0.25, -0.2) is 17.5 Å². The summed E-state index contributed by atoms with van der Waals surface area (Å²) in [5.74, 6) is 0.108. The van der Waals surface area contributed by atoms with E-state index >= 15 is 0 Å². The van der Waals surface area contributed by atoms with Crippen LogP contribution in [-0.4, -0.2) is 38.5 Å². The van der Waals surface area contributed by atoms with Crippen LogP contribution < -0.4 is 10.3 Å². The molecule has 1 N–H and O–H groups in total. The molecule has 0 aliphatic heterocycles. The number of hydrogen-bond donors (Lipinski definition) is 1. The molecular weight excluding hydrogens is 419 g/mol. The molecule has 3 rings (SSSR count). The van der Waals surface area contributed by atoms with E-state index in [1.54, 1.807) is 29.8 Å². The van der Waals surface area contributed by atoms with E-state index in [1.807, 2.05) is 19.1 Å². The quantitative estimate of drug-likeness (QED) is 0.668. The molecule has 0 radical (unpaired) electrons. The van der Waals surface area contributed by atoms with Gasteiger partial charge < -0.3 is 9.30 Å². The predicted octanol–water partition coefficient (Wildman–Crippen LogP) is 3.44. The number of nitrogens with zero attached hydrogens (tertiary/aromatic N) is 1. The van der Waals surface area contributed by atoms with Crippen molar-refractivity contribution in [3.8, 4) is 0 Å². The standard InChI is InChI=1S/C23H31FN2O4S/c1-16-11-17(2)23(27)26(14-16)21(13-25-31(3,28)29)15-30-22-9-7-18(8-10-22)19-5-4-6-20(24)12-19/h4-6,11-12,14,18,21-22,25H,7-10,13,15H2,1-3H3. The largest absolute Gasteiger partial charge is 0.376 e. The molecule has 2 aromatic rings. The Balaban J connectivity index is 1.65. The fourth-order valence-electron chi connectivity index (χ4n) is 4.25. The highest BCUT2D eigenvalue weighted by Gasteiger charge is 2.25. The van der Waals surface area contributed by atoms with Crippen LogP contribution in [0.15, 0.2) is 41.3 Å². The lowest BCUT2D eigenvalue weighted by Gasteiger charge is -2.30. The first-order chi connectivity index (χ1) is 14.6. The van der Waals surface area contributed by atoms with Gasteiger partial charge in [-0.05, 0) is 74.8 Å². The van der Waals surface area contributed by atoms with Crippen molar-refractivity contribution in [1.82, 2.24) is 9.29 Å². The maximum absolute atomic E-state index is 13.5. The average Bonchev–Trinajstić information content (AvgIpc) is 2.71. The first-order valence-electron chi connectivity index (χ1n) is 10.6. The molecule has 1 fully saturated rings. The van der Waals surface area contributed by atoms with Crippen LogP contribution in [0.2, 0.25) is 0 Å². The number of pyridine rings is 1. The second kappa shape index (κ2) is 10.1. The van der Waals surface area contributed by atoms with Crippen LogP contribution in [0.1, 0.15) is 54.3 Å². The highest BCUT2D eigenvalue weighted by Crippen LogP contribution is 2.34. The monoisotopic (exact) mass is 450 g/mol. The molecule has 0 bridgehead atoms. The first-order valence-corrected chi connectivity index (χ1v) is 12.5. The molecule has 8 heteroatoms. The number of rotatable bonds is 8. The minimum Gasteiger partial charge on any atom is -0.376 e. The highest BCUT2D eigenvalue weighted by molar-refractivity contribution is 7.88. The zero-order chi connectivity index (χ0) is 22.6. The summed E-state index contributed by atoms with van der Waals surface area (Å²) in [5.41, 5.74) is 2.41. The maximum Gasteiger partial charge on any atom is 0.253 e. The van der Waals surface area contributed by atoms with E-state index in [0.717, 1.165) is 43.1 Å². The van der Waals surface area contributed by atoms with Crippen molar-refractivity contribution in [1.29, 1.82) is 0 Å². The summed E-state index contributed by atoms with van der Waals surface area (Å²) in [6.45, 7) is 3.97. The zero-order valence-electron chi connectivity index (χ0n) is 18.3. The zero-order valence-corrected chi connectivity index (χ0v) is 19.1. The van der Waals surface area contributed by atoms with E-state index in [0.29, 0.717) is 11.5 Å². The number of aryl methyl sites for hydroxylation is 2. The van der Waals surface area contributed by atoms with E-state index in [9.17, 15) is 17.6 Å². The summed E-state index contributed by atoms with van der Waals surface area (Å²) in [6, 6.07) is 8.14. The predicted molar refractivity (Wildman–Crippen MR) is 119 cm³/mol. The topological polar surface area (TPSA) is 77.4 Å². The van der Waals surface area contributed by atoms with E-state index in [-0.39, 0.29) is 30.6 Å². The Morgan fingerprint density at radius 1 is 1.19 bits per heavy atom. The van der Waals surface area contributed by atoms with Gasteiger partial charge in [0.15, 0.2) is 0 Å². The van der Waals surface area contributed by atoms with E-state index in [4.69, 9.17) is 4.74 Å². The maximum atomic E-state index is 13.5. The Labute approximate surface area is 183 Å². The molecule has 31 heavy (non-hydrogen) atoms. The number of hydrogen-bond acceptors (Lipinski definition) is 4. The van der Waals surface area contributed by atoms with Gasteiger partial charge in [0.1, 0.15) is 5.82 Å². The number of nitrogens with one attached hydrogen (secondary N) is 1. The van der Waals surface area contributed by atoms with Crippen molar-refractivity contribution in [2.75, 3.05) is 19.4 Å². The SMILES string of the molecule is Cc1cc(C)c(=O)n(C(CNS(C)(=O)=O)COC2CCC(c3cccc(F)c3)CC2)c1. The molecule has 1 aliphatic rings. The smallest absolute Gasteiger partial charge is 0.253 e. The van der Waals surface area contributed by atoms with Gasteiger partial charge in [-0.15, -0.1) is 0 Å². The Morgan fingerprint density at radius 2 is 1.90 bits per heavy atom. The molecule has 0 spiro atoms. The van der Waals surface area contributed by atoms with Crippen molar-refractivity contribution in [3.05, 3.63) is 69.4 Å². The number of aromatic nitrogens is 1. The molecule has 1 unspecified atom stereocenters. The first kappa shape index (κ1) is 23.6. The lowest BCUT2D eigenvalue weighted by molar-refractivity contribution is 0.00731. The van der Waals surface area contributed by atoms with Crippen molar-refractivity contribution < 1.29 is 17.5 Å². The summed E-state index contributed by atoms with van der Waals surface area (Å²) >= 11 is 0. The third-order valence-electron chi connectivity index (χ3n) is 5.85. The van der Waals surface area contributed by atoms with Crippen molar-refractivity contribution >= 4 is 10.0 Å². The molecule has 1 aromatic heterocycles. The summed E-state index contributed by atoms with van der Waals surface area (Å²) in [4.78, 5) is 12.7. The van der Waals surface area contributed by atoms with Crippen LogP contribution >= 0.6 is 0 Å². The summed E-state index contributed by atoms with van der Waals surface area (Å²) in [5, 5.41) is 0. The number of ether oxygens (including phenoxy) is 1. The van der Waals surface area contributed by atoms with Crippen molar-refractivity contribution in [3.63, 3.8) is 0 Å². The molecule has 0 saturated heterocycles. The van der Waals surface area contributed by atoms with Gasteiger partial charge in [-0.1, -0.05) is 12.1 Å². The summed E-state index contributed by atoms with van der Waals surface area (Å²) < 4.78 is 47.0. The Hall–Kier alpha value is -2.03. The van der Waals surface area contributed by atoms with Crippen molar-refractivity contribution in [2.45, 2.75) is 57.6 Å². The van der Waals surface area contributed by atoms with Crippen LogP contribution in [-0.2, 0) is 14.8 Å². The molecule has 6 nitrogen and oxygen atoms in total. The van der Waals surface area contributed by atoms with E-state index < -0.39 is 16.1 Å². The number of sulfonamides is 1. The van der Waals surface area contributed by atoms with Gasteiger partial charge in [-0.2, -0.15) is 0 Å². The lowest BCUT2D eigenvalue weighted by Crippen LogP contribution is -2.38. The van der Waals surface area contributed by atoms with Crippen LogP contribution in [0.25, 0.3) is 0 Å². The Bertz CT molecular complexity index is 1060. The van der Waals surface area contributed by atoms with Crippen LogP contribution in [0.3, 0.4) is 0 Å². The average molecular weight is 451 g/mol. The van der Waals surface area contributed by atoms with Gasteiger partial charge >= 0.3 is 0 Å². The molecule has 1 heterocycles. The van der Waals surface area contributed by atoms with Crippen LogP contribution in [0.4, 0.5) is 4.39 Å². The minimum atomic E-state index is -3.40. The molecule has 1 atom stereocenters. The fraction of sp³-hybridized carbons (Fsp3) is 0.522.